The van der Waals surface area contributed by atoms with E-state index in [9.17, 15) is 14.4 Å². The fourth-order valence-electron chi connectivity index (χ4n) is 2.19. The average Bonchev–Trinajstić information content (AvgIpc) is 3.31. The van der Waals surface area contributed by atoms with Crippen molar-refractivity contribution in [2.45, 2.75) is 32.2 Å². The molecule has 1 atom stereocenters. The third-order valence-corrected chi connectivity index (χ3v) is 3.53. The SMILES string of the molecule is CCNC(CC(=O)O)C(=O)c1ccc(NC(=O)C2CC2)cc1. The Morgan fingerprint density at radius 2 is 1.86 bits per heavy atom. The third-order valence-electron chi connectivity index (χ3n) is 3.53. The lowest BCUT2D eigenvalue weighted by molar-refractivity contribution is -0.137. The van der Waals surface area contributed by atoms with Crippen molar-refractivity contribution in [1.29, 1.82) is 0 Å². The van der Waals surface area contributed by atoms with Crippen LogP contribution in [0.15, 0.2) is 24.3 Å². The van der Waals surface area contributed by atoms with Gasteiger partial charge >= 0.3 is 5.97 Å². The van der Waals surface area contributed by atoms with Gasteiger partial charge in [0.05, 0.1) is 12.5 Å². The Balaban J connectivity index is 2.02. The molecule has 0 radical (unpaired) electrons. The van der Waals surface area contributed by atoms with Gasteiger partial charge in [0.15, 0.2) is 5.78 Å². The van der Waals surface area contributed by atoms with Crippen molar-refractivity contribution in [2.24, 2.45) is 5.92 Å². The Kier molecular flexibility index (Phi) is 5.27. The van der Waals surface area contributed by atoms with Crippen molar-refractivity contribution in [3.8, 4) is 0 Å². The number of carboxylic acids is 1. The van der Waals surface area contributed by atoms with Crippen molar-refractivity contribution < 1.29 is 19.5 Å². The molecule has 118 valence electrons. The summed E-state index contributed by atoms with van der Waals surface area (Å²) in [4.78, 5) is 34.8. The van der Waals surface area contributed by atoms with Crippen LogP contribution in [0.5, 0.6) is 0 Å². The molecule has 3 N–H and O–H groups in total. The van der Waals surface area contributed by atoms with Crippen molar-refractivity contribution in [1.82, 2.24) is 5.32 Å². The molecule has 1 amide bonds. The van der Waals surface area contributed by atoms with Gasteiger partial charge in [-0.2, -0.15) is 0 Å². The number of hydrogen-bond donors (Lipinski definition) is 3. The number of likely N-dealkylation sites (N-methyl/N-ethyl adjacent to an activating group) is 1. The number of amides is 1. The van der Waals surface area contributed by atoms with E-state index in [4.69, 9.17) is 5.11 Å². The van der Waals surface area contributed by atoms with E-state index >= 15 is 0 Å². The Morgan fingerprint density at radius 1 is 1.23 bits per heavy atom. The molecule has 0 bridgehead atoms. The number of nitrogens with one attached hydrogen (secondary N) is 2. The molecule has 1 aliphatic rings. The summed E-state index contributed by atoms with van der Waals surface area (Å²) in [7, 11) is 0. The summed E-state index contributed by atoms with van der Waals surface area (Å²) in [5.74, 6) is -1.15. The molecule has 2 rings (SSSR count). The number of carboxylic acid groups (broad SMARTS) is 1. The minimum atomic E-state index is -1.02. The first kappa shape index (κ1) is 16.2. The van der Waals surface area contributed by atoms with E-state index in [1.807, 2.05) is 6.92 Å². The number of Topliss-reactive ketones (excluding diaryl/α,β-unsaturated/α-hetero) is 1. The van der Waals surface area contributed by atoms with Gasteiger partial charge in [0, 0.05) is 17.2 Å². The first-order chi connectivity index (χ1) is 10.5. The van der Waals surface area contributed by atoms with Crippen molar-refractivity contribution in [2.75, 3.05) is 11.9 Å². The van der Waals surface area contributed by atoms with Gasteiger partial charge in [0.25, 0.3) is 0 Å². The normalized spacial score (nSPS) is 15.1. The van der Waals surface area contributed by atoms with E-state index in [1.165, 1.54) is 0 Å². The molecule has 0 spiro atoms. The maximum Gasteiger partial charge on any atom is 0.305 e. The van der Waals surface area contributed by atoms with Gasteiger partial charge in [0.2, 0.25) is 5.91 Å². The molecular formula is C16H20N2O4. The maximum atomic E-state index is 12.3. The van der Waals surface area contributed by atoms with Crippen LogP contribution in [-0.2, 0) is 9.59 Å². The second-order valence-corrected chi connectivity index (χ2v) is 5.41. The zero-order valence-electron chi connectivity index (χ0n) is 12.5. The molecule has 1 fully saturated rings. The Morgan fingerprint density at radius 3 is 2.36 bits per heavy atom. The summed E-state index contributed by atoms with van der Waals surface area (Å²) in [6.07, 6.45) is 1.61. The van der Waals surface area contributed by atoms with Crippen LogP contribution in [0, 0.1) is 5.92 Å². The lowest BCUT2D eigenvalue weighted by Crippen LogP contribution is -2.38. The number of anilines is 1. The Bertz CT molecular complexity index is 564. The molecule has 6 nitrogen and oxygen atoms in total. The van der Waals surface area contributed by atoms with E-state index in [0.29, 0.717) is 17.8 Å². The fraction of sp³-hybridized carbons (Fsp3) is 0.438. The highest BCUT2D eigenvalue weighted by atomic mass is 16.4. The van der Waals surface area contributed by atoms with Crippen LogP contribution in [0.2, 0.25) is 0 Å². The molecule has 1 unspecified atom stereocenters. The monoisotopic (exact) mass is 304 g/mol. The summed E-state index contributed by atoms with van der Waals surface area (Å²) in [5.41, 5.74) is 1.07. The summed E-state index contributed by atoms with van der Waals surface area (Å²) in [6.45, 7) is 2.33. The average molecular weight is 304 g/mol. The second-order valence-electron chi connectivity index (χ2n) is 5.41. The zero-order chi connectivity index (χ0) is 16.1. The summed E-state index contributed by atoms with van der Waals surface area (Å²) < 4.78 is 0. The van der Waals surface area contributed by atoms with Crippen LogP contribution in [0.4, 0.5) is 5.69 Å². The first-order valence-electron chi connectivity index (χ1n) is 7.41. The zero-order valence-corrected chi connectivity index (χ0v) is 12.5. The van der Waals surface area contributed by atoms with Gasteiger partial charge in [-0.3, -0.25) is 14.4 Å². The lowest BCUT2D eigenvalue weighted by Gasteiger charge is -2.15. The van der Waals surface area contributed by atoms with Gasteiger partial charge in [0.1, 0.15) is 0 Å². The van der Waals surface area contributed by atoms with E-state index in [1.54, 1.807) is 24.3 Å². The topological polar surface area (TPSA) is 95.5 Å². The molecule has 0 heterocycles. The maximum absolute atomic E-state index is 12.3. The van der Waals surface area contributed by atoms with Gasteiger partial charge in [-0.05, 0) is 43.7 Å². The summed E-state index contributed by atoms with van der Waals surface area (Å²) in [6, 6.07) is 5.80. The number of hydrogen-bond acceptors (Lipinski definition) is 4. The van der Waals surface area contributed by atoms with Gasteiger partial charge in [-0.1, -0.05) is 6.92 Å². The molecule has 22 heavy (non-hydrogen) atoms. The highest BCUT2D eigenvalue weighted by molar-refractivity contribution is 6.02. The van der Waals surface area contributed by atoms with Crippen molar-refractivity contribution in [3.05, 3.63) is 29.8 Å². The van der Waals surface area contributed by atoms with Crippen LogP contribution in [0.1, 0.15) is 36.5 Å². The molecule has 1 aromatic carbocycles. The Labute approximate surface area is 128 Å². The molecule has 6 heteroatoms. The quantitative estimate of drug-likeness (QED) is 0.635. The van der Waals surface area contributed by atoms with Crippen LogP contribution in [0.3, 0.4) is 0 Å². The smallest absolute Gasteiger partial charge is 0.305 e. The molecule has 0 saturated heterocycles. The second kappa shape index (κ2) is 7.17. The summed E-state index contributed by atoms with van der Waals surface area (Å²) in [5, 5.41) is 14.5. The third kappa shape index (κ3) is 4.39. The highest BCUT2D eigenvalue weighted by Gasteiger charge is 2.29. The molecule has 0 aromatic heterocycles. The minimum Gasteiger partial charge on any atom is -0.481 e. The van der Waals surface area contributed by atoms with E-state index in [-0.39, 0.29) is 24.0 Å². The van der Waals surface area contributed by atoms with Crippen LogP contribution in [0.25, 0.3) is 0 Å². The first-order valence-corrected chi connectivity index (χ1v) is 7.41. The van der Waals surface area contributed by atoms with E-state index in [2.05, 4.69) is 10.6 Å². The van der Waals surface area contributed by atoms with Crippen LogP contribution >= 0.6 is 0 Å². The van der Waals surface area contributed by atoms with Gasteiger partial charge in [-0.15, -0.1) is 0 Å². The molecule has 1 aliphatic carbocycles. The van der Waals surface area contributed by atoms with E-state index in [0.717, 1.165) is 12.8 Å². The number of carbonyl (C=O) groups is 3. The minimum absolute atomic E-state index is 0.00970. The number of aliphatic carboxylic acids is 1. The van der Waals surface area contributed by atoms with Gasteiger partial charge < -0.3 is 15.7 Å². The Hall–Kier alpha value is -2.21. The predicted octanol–water partition coefficient (Wildman–Crippen LogP) is 1.67. The molecule has 0 aliphatic heterocycles. The highest BCUT2D eigenvalue weighted by Crippen LogP contribution is 2.30. The van der Waals surface area contributed by atoms with E-state index < -0.39 is 12.0 Å². The number of benzene rings is 1. The number of ketones is 1. The van der Waals surface area contributed by atoms with Crippen LogP contribution < -0.4 is 10.6 Å². The van der Waals surface area contributed by atoms with Crippen LogP contribution in [-0.4, -0.2) is 35.4 Å². The fourth-order valence-corrected chi connectivity index (χ4v) is 2.19. The van der Waals surface area contributed by atoms with Crippen molar-refractivity contribution >= 4 is 23.3 Å². The molecule has 1 aromatic rings. The number of rotatable bonds is 8. The van der Waals surface area contributed by atoms with Crippen molar-refractivity contribution in [3.63, 3.8) is 0 Å². The van der Waals surface area contributed by atoms with Gasteiger partial charge in [-0.25, -0.2) is 0 Å². The predicted molar refractivity (Wildman–Crippen MR) is 81.8 cm³/mol. The number of carbonyl (C=O) groups excluding carboxylic acids is 2. The molecular weight excluding hydrogens is 284 g/mol. The largest absolute Gasteiger partial charge is 0.481 e. The molecule has 1 saturated carbocycles. The lowest BCUT2D eigenvalue weighted by atomic mass is 10.0. The summed E-state index contributed by atoms with van der Waals surface area (Å²) >= 11 is 0. The standard InChI is InChI=1S/C16H20N2O4/c1-2-17-13(9-14(19)20)15(21)10-5-7-12(8-6-10)18-16(22)11-3-4-11/h5-8,11,13,17H,2-4,9H2,1H3,(H,18,22)(H,19,20).